The van der Waals surface area contributed by atoms with Crippen molar-refractivity contribution in [2.24, 2.45) is 0 Å². The molecule has 23 heavy (non-hydrogen) atoms. The van der Waals surface area contributed by atoms with Gasteiger partial charge in [0.05, 0.1) is 12.4 Å². The van der Waals surface area contributed by atoms with Gasteiger partial charge in [-0.25, -0.2) is 9.78 Å². The Morgan fingerprint density at radius 3 is 2.87 bits per heavy atom. The molecule has 2 heterocycles. The first-order valence-electron chi connectivity index (χ1n) is 6.84. The third-order valence-corrected chi connectivity index (χ3v) is 4.91. The predicted molar refractivity (Wildman–Crippen MR) is 87.2 cm³/mol. The summed E-state index contributed by atoms with van der Waals surface area (Å²) in [5.74, 6) is 0.899. The highest BCUT2D eigenvalue weighted by atomic mass is 32.2. The molecular formula is C14H13N5O2S2. The molecule has 0 aliphatic carbocycles. The van der Waals surface area contributed by atoms with Crippen LogP contribution in [0, 0.1) is 0 Å². The number of esters is 1. The molecule has 0 radical (unpaired) electrons. The van der Waals surface area contributed by atoms with Gasteiger partial charge in [0, 0.05) is 15.8 Å². The Morgan fingerprint density at radius 2 is 2.17 bits per heavy atom. The number of aromatic amines is 1. The SMILES string of the molecule is CCOC(=O)c1csc(CSc2ccc(-c3nn[nH]n3)cc2)n1. The van der Waals surface area contributed by atoms with E-state index in [0.717, 1.165) is 15.5 Å². The maximum Gasteiger partial charge on any atom is 0.357 e. The molecule has 0 spiro atoms. The second-order valence-corrected chi connectivity index (χ2v) is 6.39. The van der Waals surface area contributed by atoms with Gasteiger partial charge in [-0.15, -0.1) is 33.3 Å². The molecule has 0 aliphatic heterocycles. The molecule has 2 aromatic heterocycles. The van der Waals surface area contributed by atoms with Crippen molar-refractivity contribution >= 4 is 29.1 Å². The highest BCUT2D eigenvalue weighted by Crippen LogP contribution is 2.26. The number of tetrazole rings is 1. The quantitative estimate of drug-likeness (QED) is 0.541. The van der Waals surface area contributed by atoms with Gasteiger partial charge in [-0.05, 0) is 36.4 Å². The molecule has 3 aromatic rings. The van der Waals surface area contributed by atoms with Gasteiger partial charge in [-0.2, -0.15) is 5.21 Å². The second-order valence-electron chi connectivity index (χ2n) is 4.40. The van der Waals surface area contributed by atoms with Gasteiger partial charge < -0.3 is 4.74 Å². The number of nitrogens with zero attached hydrogens (tertiary/aromatic N) is 4. The van der Waals surface area contributed by atoms with Crippen molar-refractivity contribution in [2.45, 2.75) is 17.6 Å². The molecule has 0 unspecified atom stereocenters. The van der Waals surface area contributed by atoms with E-state index in [2.05, 4.69) is 25.6 Å². The number of hydrogen-bond acceptors (Lipinski definition) is 8. The number of carbonyl (C=O) groups is 1. The average Bonchev–Trinajstić information content (AvgIpc) is 3.25. The standard InChI is InChI=1S/C14H13N5O2S2/c1-2-21-14(20)11-7-23-12(15-11)8-22-10-5-3-9(4-6-10)13-16-18-19-17-13/h3-7H,2,8H2,1H3,(H,16,17,18,19). The van der Waals surface area contributed by atoms with Crippen molar-refractivity contribution < 1.29 is 9.53 Å². The minimum atomic E-state index is -0.371. The van der Waals surface area contributed by atoms with Crippen LogP contribution >= 0.6 is 23.1 Å². The normalized spacial score (nSPS) is 10.7. The molecule has 118 valence electrons. The summed E-state index contributed by atoms with van der Waals surface area (Å²) in [7, 11) is 0. The van der Waals surface area contributed by atoms with Crippen LogP contribution in [-0.2, 0) is 10.5 Å². The summed E-state index contributed by atoms with van der Waals surface area (Å²) in [6.07, 6.45) is 0. The van der Waals surface area contributed by atoms with Crippen LogP contribution in [0.4, 0.5) is 0 Å². The number of carbonyl (C=O) groups excluding carboxylic acids is 1. The van der Waals surface area contributed by atoms with Gasteiger partial charge in [0.2, 0.25) is 5.82 Å². The fourth-order valence-electron chi connectivity index (χ4n) is 1.81. The monoisotopic (exact) mass is 347 g/mol. The first-order chi connectivity index (χ1) is 11.3. The van der Waals surface area contributed by atoms with Gasteiger partial charge in [0.15, 0.2) is 5.69 Å². The van der Waals surface area contributed by atoms with Crippen molar-refractivity contribution in [3.05, 3.63) is 40.3 Å². The topological polar surface area (TPSA) is 93.7 Å². The number of nitrogens with one attached hydrogen (secondary N) is 1. The van der Waals surface area contributed by atoms with Crippen molar-refractivity contribution in [2.75, 3.05) is 6.61 Å². The molecule has 0 aliphatic rings. The highest BCUT2D eigenvalue weighted by molar-refractivity contribution is 7.98. The summed E-state index contributed by atoms with van der Waals surface area (Å²) in [5, 5.41) is 16.5. The van der Waals surface area contributed by atoms with E-state index in [1.807, 2.05) is 24.3 Å². The van der Waals surface area contributed by atoms with E-state index in [-0.39, 0.29) is 5.97 Å². The van der Waals surface area contributed by atoms with Crippen molar-refractivity contribution in [1.29, 1.82) is 0 Å². The van der Waals surface area contributed by atoms with E-state index in [1.165, 1.54) is 11.3 Å². The lowest BCUT2D eigenvalue weighted by atomic mass is 10.2. The predicted octanol–water partition coefficient (Wildman–Crippen LogP) is 2.79. The zero-order valence-electron chi connectivity index (χ0n) is 12.2. The number of rotatable bonds is 6. The van der Waals surface area contributed by atoms with Crippen LogP contribution in [0.25, 0.3) is 11.4 Å². The number of thiazole rings is 1. The van der Waals surface area contributed by atoms with Crippen LogP contribution in [0.1, 0.15) is 22.4 Å². The lowest BCUT2D eigenvalue weighted by molar-refractivity contribution is 0.0520. The molecule has 0 saturated heterocycles. The minimum absolute atomic E-state index is 0.354. The number of H-pyrrole nitrogens is 1. The van der Waals surface area contributed by atoms with E-state index >= 15 is 0 Å². The molecule has 0 atom stereocenters. The van der Waals surface area contributed by atoms with Crippen LogP contribution in [-0.4, -0.2) is 38.2 Å². The average molecular weight is 347 g/mol. The van der Waals surface area contributed by atoms with E-state index in [9.17, 15) is 4.79 Å². The molecule has 1 aromatic carbocycles. The molecule has 0 saturated carbocycles. The Labute approximate surface area is 140 Å². The summed E-state index contributed by atoms with van der Waals surface area (Å²) < 4.78 is 4.93. The van der Waals surface area contributed by atoms with Gasteiger partial charge in [0.25, 0.3) is 0 Å². The second kappa shape index (κ2) is 7.34. The molecule has 0 amide bonds. The lowest BCUT2D eigenvalue weighted by Gasteiger charge is -2.00. The molecule has 9 heteroatoms. The van der Waals surface area contributed by atoms with Crippen LogP contribution in [0.15, 0.2) is 34.5 Å². The lowest BCUT2D eigenvalue weighted by Crippen LogP contribution is -2.04. The van der Waals surface area contributed by atoms with Gasteiger partial charge in [-0.3, -0.25) is 0 Å². The molecule has 1 N–H and O–H groups in total. The largest absolute Gasteiger partial charge is 0.461 e. The first-order valence-corrected chi connectivity index (χ1v) is 8.71. The van der Waals surface area contributed by atoms with E-state index in [4.69, 9.17) is 4.74 Å². The fraction of sp³-hybridized carbons (Fsp3) is 0.214. The summed E-state index contributed by atoms with van der Waals surface area (Å²) in [6, 6.07) is 7.88. The van der Waals surface area contributed by atoms with E-state index < -0.39 is 0 Å². The number of benzene rings is 1. The Kier molecular flexibility index (Phi) is 4.99. The van der Waals surface area contributed by atoms with Crippen molar-refractivity contribution in [3.8, 4) is 11.4 Å². The zero-order chi connectivity index (χ0) is 16.1. The van der Waals surface area contributed by atoms with Crippen molar-refractivity contribution in [3.63, 3.8) is 0 Å². The van der Waals surface area contributed by atoms with Crippen LogP contribution in [0.2, 0.25) is 0 Å². The molecule has 3 rings (SSSR count). The third kappa shape index (κ3) is 3.93. The van der Waals surface area contributed by atoms with Gasteiger partial charge in [0.1, 0.15) is 5.01 Å². The summed E-state index contributed by atoms with van der Waals surface area (Å²) >= 11 is 3.11. The first kappa shape index (κ1) is 15.6. The smallest absolute Gasteiger partial charge is 0.357 e. The Balaban J connectivity index is 1.59. The molecular weight excluding hydrogens is 334 g/mol. The summed E-state index contributed by atoms with van der Waals surface area (Å²) in [5.41, 5.74) is 1.28. The highest BCUT2D eigenvalue weighted by Gasteiger charge is 2.11. The number of hydrogen-bond donors (Lipinski definition) is 1. The molecule has 0 fully saturated rings. The number of ether oxygens (including phenoxy) is 1. The van der Waals surface area contributed by atoms with Crippen LogP contribution < -0.4 is 0 Å². The Morgan fingerprint density at radius 1 is 1.35 bits per heavy atom. The summed E-state index contributed by atoms with van der Waals surface area (Å²) in [6.45, 7) is 2.13. The third-order valence-electron chi connectivity index (χ3n) is 2.86. The van der Waals surface area contributed by atoms with E-state index in [0.29, 0.717) is 23.9 Å². The van der Waals surface area contributed by atoms with Gasteiger partial charge in [-0.1, -0.05) is 0 Å². The zero-order valence-corrected chi connectivity index (χ0v) is 13.9. The van der Waals surface area contributed by atoms with E-state index in [1.54, 1.807) is 24.1 Å². The van der Waals surface area contributed by atoms with Gasteiger partial charge >= 0.3 is 5.97 Å². The molecule has 7 nitrogen and oxygen atoms in total. The minimum Gasteiger partial charge on any atom is -0.461 e. The van der Waals surface area contributed by atoms with Crippen LogP contribution in [0.3, 0.4) is 0 Å². The van der Waals surface area contributed by atoms with Crippen LogP contribution in [0.5, 0.6) is 0 Å². The number of thioether (sulfide) groups is 1. The fourth-order valence-corrected chi connectivity index (χ4v) is 3.49. The molecule has 0 bridgehead atoms. The number of aromatic nitrogens is 5. The maximum atomic E-state index is 11.6. The Hall–Kier alpha value is -2.26. The van der Waals surface area contributed by atoms with Crippen molar-refractivity contribution in [1.82, 2.24) is 25.6 Å². The summed E-state index contributed by atoms with van der Waals surface area (Å²) in [4.78, 5) is 17.0. The maximum absolute atomic E-state index is 11.6. The Bertz CT molecular complexity index is 771.